The number of phenols is 1. The summed E-state index contributed by atoms with van der Waals surface area (Å²) >= 11 is 0. The van der Waals surface area contributed by atoms with Crippen molar-refractivity contribution in [2.75, 3.05) is 20.2 Å². The van der Waals surface area contributed by atoms with Gasteiger partial charge in [-0.15, -0.1) is 0 Å². The zero-order chi connectivity index (χ0) is 13.3. The highest BCUT2D eigenvalue weighted by atomic mass is 16.5. The molecule has 4 heteroatoms. The highest BCUT2D eigenvalue weighted by Gasteiger charge is 2.43. The number of nitrogens with one attached hydrogen (secondary N) is 1. The minimum Gasteiger partial charge on any atom is -0.504 e. The Bertz CT molecular complexity index is 433. The van der Waals surface area contributed by atoms with Crippen LogP contribution < -0.4 is 10.1 Å². The predicted molar refractivity (Wildman–Crippen MR) is 70.1 cm³/mol. The van der Waals surface area contributed by atoms with Crippen molar-refractivity contribution in [2.45, 2.75) is 25.9 Å². The lowest BCUT2D eigenvalue weighted by atomic mass is 9.72. The summed E-state index contributed by atoms with van der Waals surface area (Å²) in [6.07, 6.45) is -0.401. The molecule has 4 nitrogen and oxygen atoms in total. The molecule has 0 amide bonds. The summed E-state index contributed by atoms with van der Waals surface area (Å²) in [6.45, 7) is 5.49. The third-order valence-electron chi connectivity index (χ3n) is 4.21. The minimum atomic E-state index is -0.401. The van der Waals surface area contributed by atoms with Crippen LogP contribution in [0.15, 0.2) is 18.2 Å². The van der Waals surface area contributed by atoms with Crippen molar-refractivity contribution >= 4 is 0 Å². The van der Waals surface area contributed by atoms with Gasteiger partial charge in [0.1, 0.15) is 0 Å². The van der Waals surface area contributed by atoms with Gasteiger partial charge in [0.2, 0.25) is 0 Å². The van der Waals surface area contributed by atoms with Crippen LogP contribution in [0, 0.1) is 5.41 Å². The van der Waals surface area contributed by atoms with Gasteiger partial charge in [-0.05, 0) is 24.6 Å². The number of hydrogen-bond donors (Lipinski definition) is 3. The molecule has 2 rings (SSSR count). The Hall–Kier alpha value is -1.26. The summed E-state index contributed by atoms with van der Waals surface area (Å²) in [5, 5.41) is 23.2. The van der Waals surface area contributed by atoms with E-state index in [2.05, 4.69) is 12.2 Å². The predicted octanol–water partition coefficient (Wildman–Crippen LogP) is 1.47. The normalized spacial score (nSPS) is 29.2. The highest BCUT2D eigenvalue weighted by Crippen LogP contribution is 2.43. The third kappa shape index (κ3) is 2.06. The number of phenolic OH excluding ortho intramolecular Hbond substituents is 1. The summed E-state index contributed by atoms with van der Waals surface area (Å²) in [7, 11) is 1.53. The van der Waals surface area contributed by atoms with E-state index in [0.29, 0.717) is 5.75 Å². The van der Waals surface area contributed by atoms with Crippen molar-refractivity contribution in [1.82, 2.24) is 5.32 Å². The molecule has 0 aliphatic carbocycles. The molecule has 0 radical (unpaired) electrons. The maximum absolute atomic E-state index is 9.99. The van der Waals surface area contributed by atoms with Crippen LogP contribution in [0.4, 0.5) is 0 Å². The lowest BCUT2D eigenvalue weighted by Crippen LogP contribution is -2.36. The average Bonchev–Trinajstić information content (AvgIpc) is 2.72. The molecular weight excluding hydrogens is 230 g/mol. The summed E-state index contributed by atoms with van der Waals surface area (Å²) in [6, 6.07) is 5.46. The number of aliphatic hydroxyl groups excluding tert-OH is 1. The molecule has 0 aromatic heterocycles. The van der Waals surface area contributed by atoms with E-state index in [1.807, 2.05) is 13.0 Å². The molecule has 1 fully saturated rings. The van der Waals surface area contributed by atoms with Crippen molar-refractivity contribution in [1.29, 1.82) is 0 Å². The van der Waals surface area contributed by atoms with E-state index >= 15 is 0 Å². The van der Waals surface area contributed by atoms with Crippen LogP contribution in [0.3, 0.4) is 0 Å². The Morgan fingerprint density at radius 2 is 2.22 bits per heavy atom. The number of rotatable bonds is 3. The zero-order valence-electron chi connectivity index (χ0n) is 11.1. The second kappa shape index (κ2) is 4.78. The van der Waals surface area contributed by atoms with Gasteiger partial charge in [-0.2, -0.15) is 0 Å². The van der Waals surface area contributed by atoms with Crippen molar-refractivity contribution in [3.63, 3.8) is 0 Å². The van der Waals surface area contributed by atoms with Gasteiger partial charge in [0.25, 0.3) is 0 Å². The maximum atomic E-state index is 9.99. The van der Waals surface area contributed by atoms with E-state index in [0.717, 1.165) is 18.7 Å². The van der Waals surface area contributed by atoms with E-state index in [4.69, 9.17) is 4.74 Å². The van der Waals surface area contributed by atoms with Gasteiger partial charge in [0, 0.05) is 24.4 Å². The van der Waals surface area contributed by atoms with E-state index in [1.54, 1.807) is 12.1 Å². The van der Waals surface area contributed by atoms with Gasteiger partial charge in [0.15, 0.2) is 11.5 Å². The standard InChI is InChI=1S/C14H21NO3/c1-9(16)14(2)8-15-7-11(14)10-4-5-13(18-3)12(17)6-10/h4-6,9,11,15-17H,7-8H2,1-3H3. The largest absolute Gasteiger partial charge is 0.504 e. The lowest BCUT2D eigenvalue weighted by Gasteiger charge is -2.34. The van der Waals surface area contributed by atoms with Gasteiger partial charge in [0.05, 0.1) is 13.2 Å². The van der Waals surface area contributed by atoms with Crippen LogP contribution in [-0.2, 0) is 0 Å². The molecule has 3 unspecified atom stereocenters. The second-order valence-electron chi connectivity index (χ2n) is 5.30. The van der Waals surface area contributed by atoms with Crippen molar-refractivity contribution in [2.24, 2.45) is 5.41 Å². The smallest absolute Gasteiger partial charge is 0.160 e. The van der Waals surface area contributed by atoms with Crippen molar-refractivity contribution in [3.8, 4) is 11.5 Å². The molecule has 1 aliphatic rings. The molecule has 1 aliphatic heterocycles. The van der Waals surface area contributed by atoms with Crippen LogP contribution in [0.2, 0.25) is 0 Å². The molecular formula is C14H21NO3. The van der Waals surface area contributed by atoms with E-state index in [1.165, 1.54) is 7.11 Å². The first-order valence-corrected chi connectivity index (χ1v) is 6.24. The number of hydrogen-bond acceptors (Lipinski definition) is 4. The number of methoxy groups -OCH3 is 1. The molecule has 0 spiro atoms. The maximum Gasteiger partial charge on any atom is 0.160 e. The summed E-state index contributed by atoms with van der Waals surface area (Å²) in [5.41, 5.74) is 0.822. The van der Waals surface area contributed by atoms with E-state index in [-0.39, 0.29) is 17.1 Å². The molecule has 0 saturated carbocycles. The van der Waals surface area contributed by atoms with Crippen LogP contribution in [-0.4, -0.2) is 36.5 Å². The van der Waals surface area contributed by atoms with E-state index in [9.17, 15) is 10.2 Å². The van der Waals surface area contributed by atoms with E-state index < -0.39 is 6.10 Å². The van der Waals surface area contributed by atoms with Crippen LogP contribution in [0.5, 0.6) is 11.5 Å². The fourth-order valence-corrected chi connectivity index (χ4v) is 2.70. The summed E-state index contributed by atoms with van der Waals surface area (Å²) < 4.78 is 5.05. The molecule has 1 aromatic rings. The van der Waals surface area contributed by atoms with Gasteiger partial charge in [-0.1, -0.05) is 13.0 Å². The number of aromatic hydroxyl groups is 1. The van der Waals surface area contributed by atoms with Gasteiger partial charge >= 0.3 is 0 Å². The number of benzene rings is 1. The Balaban J connectivity index is 2.34. The molecule has 3 N–H and O–H groups in total. The molecule has 3 atom stereocenters. The fourth-order valence-electron chi connectivity index (χ4n) is 2.70. The Morgan fingerprint density at radius 1 is 1.50 bits per heavy atom. The fraction of sp³-hybridized carbons (Fsp3) is 0.571. The van der Waals surface area contributed by atoms with Gasteiger partial charge < -0.3 is 20.3 Å². The molecule has 1 aromatic carbocycles. The van der Waals surface area contributed by atoms with Gasteiger partial charge in [-0.3, -0.25) is 0 Å². The first-order valence-electron chi connectivity index (χ1n) is 6.24. The van der Waals surface area contributed by atoms with Crippen LogP contribution >= 0.6 is 0 Å². The summed E-state index contributed by atoms with van der Waals surface area (Å²) in [4.78, 5) is 0. The molecule has 1 saturated heterocycles. The minimum absolute atomic E-state index is 0.148. The Morgan fingerprint density at radius 3 is 2.78 bits per heavy atom. The molecule has 0 bridgehead atoms. The van der Waals surface area contributed by atoms with Gasteiger partial charge in [-0.25, -0.2) is 0 Å². The average molecular weight is 251 g/mol. The molecule has 18 heavy (non-hydrogen) atoms. The highest BCUT2D eigenvalue weighted by molar-refractivity contribution is 5.43. The lowest BCUT2D eigenvalue weighted by molar-refractivity contribution is 0.0549. The molecule has 100 valence electrons. The number of ether oxygens (including phenoxy) is 1. The first kappa shape index (κ1) is 13.2. The number of aliphatic hydroxyl groups is 1. The van der Waals surface area contributed by atoms with Crippen molar-refractivity contribution < 1.29 is 14.9 Å². The first-order chi connectivity index (χ1) is 8.49. The van der Waals surface area contributed by atoms with Crippen molar-refractivity contribution in [3.05, 3.63) is 23.8 Å². The SMILES string of the molecule is COc1ccc(C2CNCC2(C)C(C)O)cc1O. The second-order valence-corrected chi connectivity index (χ2v) is 5.30. The summed E-state index contributed by atoms with van der Waals surface area (Å²) in [5.74, 6) is 0.813. The zero-order valence-corrected chi connectivity index (χ0v) is 11.1. The Labute approximate surface area is 108 Å². The quantitative estimate of drug-likeness (QED) is 0.761. The monoisotopic (exact) mass is 251 g/mol. The van der Waals surface area contributed by atoms with Crippen LogP contribution in [0.25, 0.3) is 0 Å². The topological polar surface area (TPSA) is 61.7 Å². The van der Waals surface area contributed by atoms with Crippen LogP contribution in [0.1, 0.15) is 25.3 Å². The Kier molecular flexibility index (Phi) is 3.50. The molecule has 1 heterocycles. The third-order valence-corrected chi connectivity index (χ3v) is 4.21.